The largest absolute Gasteiger partial charge is 0.496 e. The van der Waals surface area contributed by atoms with Crippen LogP contribution in [-0.4, -0.2) is 27.3 Å². The van der Waals surface area contributed by atoms with Crippen LogP contribution in [0.3, 0.4) is 0 Å². The molecule has 0 amide bonds. The first-order valence-electron chi connectivity index (χ1n) is 4.06. The fourth-order valence-electron chi connectivity index (χ4n) is 1.16. The van der Waals surface area contributed by atoms with E-state index in [1.54, 1.807) is 11.8 Å². The molecule has 7 heteroatoms. The summed E-state index contributed by atoms with van der Waals surface area (Å²) in [6, 6.07) is 5.57. The molecule has 2 aromatic rings. The number of nitrogens with one attached hydrogen (secondary N) is 1. The van der Waals surface area contributed by atoms with Gasteiger partial charge in [-0.1, -0.05) is 10.3 Å². The molecule has 78 valence electrons. The molecule has 0 bridgehead atoms. The molecule has 0 aliphatic carbocycles. The van der Waals surface area contributed by atoms with Crippen LogP contribution in [0.5, 0.6) is 5.75 Å². The molecule has 0 saturated carbocycles. The minimum atomic E-state index is 0.382. The van der Waals surface area contributed by atoms with Gasteiger partial charge in [-0.15, -0.1) is 0 Å². The molecule has 1 aromatic carbocycles. The Hall–Kier alpha value is -1.21. The van der Waals surface area contributed by atoms with E-state index in [1.807, 2.05) is 18.2 Å². The van der Waals surface area contributed by atoms with Gasteiger partial charge in [0.25, 0.3) is 0 Å². The molecule has 2 rings (SSSR count). The van der Waals surface area contributed by atoms with Gasteiger partial charge in [0.15, 0.2) is 0 Å². The highest BCUT2D eigenvalue weighted by Crippen LogP contribution is 2.26. The van der Waals surface area contributed by atoms with Gasteiger partial charge < -0.3 is 4.74 Å². The third kappa shape index (κ3) is 1.93. The normalized spacial score (nSPS) is 10.3. The molecule has 0 unspecified atom stereocenters. The number of H-pyrrole nitrogens is 1. The van der Waals surface area contributed by atoms with Crippen molar-refractivity contribution in [3.05, 3.63) is 27.4 Å². The van der Waals surface area contributed by atoms with Gasteiger partial charge in [-0.25, -0.2) is 4.68 Å². The number of rotatable bonds is 2. The number of tetrazole rings is 1. The van der Waals surface area contributed by atoms with E-state index in [4.69, 9.17) is 17.0 Å². The van der Waals surface area contributed by atoms with Crippen LogP contribution in [0.2, 0.25) is 0 Å². The summed E-state index contributed by atoms with van der Waals surface area (Å²) in [4.78, 5) is 0. The summed E-state index contributed by atoms with van der Waals surface area (Å²) in [5.41, 5.74) is 0.845. The number of benzene rings is 1. The fraction of sp³-hybridized carbons (Fsp3) is 0.125. The van der Waals surface area contributed by atoms with Crippen LogP contribution in [0.1, 0.15) is 0 Å². The Morgan fingerprint density at radius 1 is 1.53 bits per heavy atom. The first-order chi connectivity index (χ1) is 7.22. The number of ether oxygens (including phenoxy) is 1. The molecule has 0 atom stereocenters. The predicted octanol–water partition coefficient (Wildman–Crippen LogP) is 2.10. The number of hydrogen-bond donors (Lipinski definition) is 1. The van der Waals surface area contributed by atoms with Gasteiger partial charge in [0, 0.05) is 0 Å². The van der Waals surface area contributed by atoms with Crippen LogP contribution in [0, 0.1) is 4.77 Å². The van der Waals surface area contributed by atoms with Gasteiger partial charge in [0.2, 0.25) is 4.77 Å². The van der Waals surface area contributed by atoms with E-state index in [9.17, 15) is 0 Å². The van der Waals surface area contributed by atoms with E-state index in [0.29, 0.717) is 4.77 Å². The van der Waals surface area contributed by atoms with E-state index in [1.165, 1.54) is 0 Å². The molecule has 0 saturated heterocycles. The van der Waals surface area contributed by atoms with Crippen LogP contribution < -0.4 is 4.74 Å². The monoisotopic (exact) mass is 286 g/mol. The SMILES string of the molecule is COc1ccc(-n2[nH]nnc2=S)cc1Br. The number of aromatic nitrogens is 4. The molecular weight excluding hydrogens is 280 g/mol. The van der Waals surface area contributed by atoms with Gasteiger partial charge in [-0.2, -0.15) is 5.21 Å². The Morgan fingerprint density at radius 2 is 2.33 bits per heavy atom. The van der Waals surface area contributed by atoms with E-state index < -0.39 is 0 Å². The number of nitrogens with zero attached hydrogens (tertiary/aromatic N) is 3. The zero-order valence-electron chi connectivity index (χ0n) is 7.77. The van der Waals surface area contributed by atoms with E-state index in [0.717, 1.165) is 15.9 Å². The summed E-state index contributed by atoms with van der Waals surface area (Å²) in [6.07, 6.45) is 0. The Labute approximate surface area is 99.2 Å². The molecule has 0 radical (unpaired) electrons. The summed E-state index contributed by atoms with van der Waals surface area (Å²) in [5.74, 6) is 0.762. The zero-order valence-corrected chi connectivity index (χ0v) is 10.2. The van der Waals surface area contributed by atoms with Gasteiger partial charge in [0.1, 0.15) is 5.75 Å². The number of hydrogen-bond acceptors (Lipinski definition) is 4. The van der Waals surface area contributed by atoms with Gasteiger partial charge >= 0.3 is 0 Å². The maximum atomic E-state index is 5.12. The minimum absolute atomic E-state index is 0.382. The molecule has 0 aliphatic heterocycles. The Morgan fingerprint density at radius 3 is 2.87 bits per heavy atom. The summed E-state index contributed by atoms with van der Waals surface area (Å²) < 4.78 is 7.95. The summed E-state index contributed by atoms with van der Waals surface area (Å²) in [6.45, 7) is 0. The highest BCUT2D eigenvalue weighted by Gasteiger charge is 2.04. The van der Waals surface area contributed by atoms with Crippen molar-refractivity contribution in [2.24, 2.45) is 0 Å². The average Bonchev–Trinajstić information content (AvgIpc) is 2.64. The van der Waals surface area contributed by atoms with Crippen molar-refractivity contribution in [1.29, 1.82) is 0 Å². The Bertz CT molecular complexity index is 535. The second kappa shape index (κ2) is 4.11. The van der Waals surface area contributed by atoms with Gasteiger partial charge in [-0.3, -0.25) is 0 Å². The number of halogens is 1. The van der Waals surface area contributed by atoms with Gasteiger partial charge in [-0.05, 0) is 46.3 Å². The molecule has 0 aliphatic rings. The topological polar surface area (TPSA) is 55.7 Å². The van der Waals surface area contributed by atoms with Crippen molar-refractivity contribution < 1.29 is 4.74 Å². The van der Waals surface area contributed by atoms with Crippen LogP contribution in [0.25, 0.3) is 5.69 Å². The number of aromatic amines is 1. The standard InChI is InChI=1S/C8H7BrN4OS/c1-14-7-3-2-5(4-6(7)9)13-8(15)10-11-12-13/h2-4H,1H3,(H,10,12,15). The fourth-order valence-corrected chi connectivity index (χ4v) is 1.88. The van der Waals surface area contributed by atoms with Crippen molar-refractivity contribution in [3.63, 3.8) is 0 Å². The van der Waals surface area contributed by atoms with Crippen LogP contribution in [0.15, 0.2) is 22.7 Å². The quantitative estimate of drug-likeness (QED) is 0.859. The summed E-state index contributed by atoms with van der Waals surface area (Å²) in [7, 11) is 1.61. The Balaban J connectivity index is 2.52. The molecule has 0 fully saturated rings. The molecule has 5 nitrogen and oxygen atoms in total. The third-order valence-corrected chi connectivity index (χ3v) is 2.75. The van der Waals surface area contributed by atoms with E-state index in [-0.39, 0.29) is 0 Å². The van der Waals surface area contributed by atoms with Crippen LogP contribution in [0.4, 0.5) is 0 Å². The third-order valence-electron chi connectivity index (χ3n) is 1.87. The molecule has 1 N–H and O–H groups in total. The smallest absolute Gasteiger partial charge is 0.242 e. The number of methoxy groups -OCH3 is 1. The zero-order chi connectivity index (χ0) is 10.8. The first-order valence-corrected chi connectivity index (χ1v) is 5.26. The lowest BCUT2D eigenvalue weighted by Gasteiger charge is -2.05. The lowest BCUT2D eigenvalue weighted by molar-refractivity contribution is 0.412. The first kappa shape index (κ1) is 10.3. The second-order valence-corrected chi connectivity index (χ2v) is 3.96. The van der Waals surface area contributed by atoms with Crippen molar-refractivity contribution in [2.45, 2.75) is 0 Å². The van der Waals surface area contributed by atoms with Crippen molar-refractivity contribution >= 4 is 28.1 Å². The van der Waals surface area contributed by atoms with Gasteiger partial charge in [0.05, 0.1) is 17.3 Å². The van der Waals surface area contributed by atoms with Crippen molar-refractivity contribution in [2.75, 3.05) is 7.11 Å². The highest BCUT2D eigenvalue weighted by molar-refractivity contribution is 9.10. The molecule has 15 heavy (non-hydrogen) atoms. The summed E-state index contributed by atoms with van der Waals surface area (Å²) >= 11 is 8.37. The maximum Gasteiger partial charge on any atom is 0.242 e. The predicted molar refractivity (Wildman–Crippen MR) is 60.8 cm³/mol. The lowest BCUT2D eigenvalue weighted by Crippen LogP contribution is -1.97. The van der Waals surface area contributed by atoms with Crippen molar-refractivity contribution in [1.82, 2.24) is 20.2 Å². The molecular formula is C8H7BrN4OS. The maximum absolute atomic E-state index is 5.12. The van der Waals surface area contributed by atoms with Crippen LogP contribution in [-0.2, 0) is 0 Å². The molecule has 0 spiro atoms. The Kier molecular flexibility index (Phi) is 2.83. The second-order valence-electron chi connectivity index (χ2n) is 2.74. The van der Waals surface area contributed by atoms with Crippen LogP contribution >= 0.6 is 28.1 Å². The lowest BCUT2D eigenvalue weighted by atomic mass is 10.3. The molecule has 1 heterocycles. The van der Waals surface area contributed by atoms with E-state index >= 15 is 0 Å². The highest BCUT2D eigenvalue weighted by atomic mass is 79.9. The van der Waals surface area contributed by atoms with E-state index in [2.05, 4.69) is 31.5 Å². The minimum Gasteiger partial charge on any atom is -0.496 e. The summed E-state index contributed by atoms with van der Waals surface area (Å²) in [5, 5.41) is 9.97. The van der Waals surface area contributed by atoms with Crippen molar-refractivity contribution in [3.8, 4) is 11.4 Å². The average molecular weight is 287 g/mol. The molecule has 1 aromatic heterocycles.